The van der Waals surface area contributed by atoms with Gasteiger partial charge in [0.1, 0.15) is 11.3 Å². The zero-order valence-corrected chi connectivity index (χ0v) is 19.4. The Morgan fingerprint density at radius 2 is 1.88 bits per heavy atom. The SMILES string of the molecule is Cc1cc(OC(C)C(=O)N2C[C@H]3C[C@@H](C2)c2cccc(=O)n2C3)c2c(C)c(C)c(=O)oc2c1. The van der Waals surface area contributed by atoms with Gasteiger partial charge in [-0.2, -0.15) is 0 Å². The smallest absolute Gasteiger partial charge is 0.339 e. The van der Waals surface area contributed by atoms with Crippen LogP contribution in [0.15, 0.2) is 44.3 Å². The second-order valence-corrected chi connectivity index (χ2v) is 9.48. The highest BCUT2D eigenvalue weighted by Gasteiger charge is 2.37. The van der Waals surface area contributed by atoms with Gasteiger partial charge in [-0.25, -0.2) is 4.79 Å². The number of carbonyl (C=O) groups excluding carboxylic acids is 1. The first-order chi connectivity index (χ1) is 15.7. The van der Waals surface area contributed by atoms with Gasteiger partial charge in [0, 0.05) is 42.9 Å². The van der Waals surface area contributed by atoms with Crippen LogP contribution in [0.25, 0.3) is 11.0 Å². The van der Waals surface area contributed by atoms with Crippen molar-refractivity contribution >= 4 is 16.9 Å². The first-order valence-electron chi connectivity index (χ1n) is 11.4. The topological polar surface area (TPSA) is 81.8 Å². The van der Waals surface area contributed by atoms with E-state index in [9.17, 15) is 14.4 Å². The Labute approximate surface area is 191 Å². The van der Waals surface area contributed by atoms with E-state index in [4.69, 9.17) is 9.15 Å². The summed E-state index contributed by atoms with van der Waals surface area (Å²) in [4.78, 5) is 39.7. The largest absolute Gasteiger partial charge is 0.480 e. The Balaban J connectivity index is 1.42. The number of aryl methyl sites for hydroxylation is 2. The van der Waals surface area contributed by atoms with Gasteiger partial charge in [0.2, 0.25) is 0 Å². The van der Waals surface area contributed by atoms with Gasteiger partial charge in [0.05, 0.1) is 5.39 Å². The Bertz CT molecular complexity index is 1390. The molecule has 3 aromatic rings. The number of aromatic nitrogens is 1. The number of rotatable bonds is 3. The number of fused-ring (bicyclic) bond motifs is 5. The van der Waals surface area contributed by atoms with Crippen molar-refractivity contribution in [2.45, 2.75) is 52.7 Å². The van der Waals surface area contributed by atoms with Crippen LogP contribution in [-0.4, -0.2) is 34.6 Å². The standard InChI is InChI=1S/C26H28N2O5/c1-14-8-21(24-15(2)16(3)26(31)33-22(24)9-14)32-17(4)25(30)27-11-18-10-19(13-27)20-6-5-7-23(29)28(20)12-18/h5-9,17-19H,10-13H2,1-4H3/t17?,18-,19+/m1/s1. The monoisotopic (exact) mass is 448 g/mol. The molecule has 5 rings (SSSR count). The van der Waals surface area contributed by atoms with Gasteiger partial charge in [-0.1, -0.05) is 6.07 Å². The summed E-state index contributed by atoms with van der Waals surface area (Å²) in [6.07, 6.45) is 0.293. The van der Waals surface area contributed by atoms with Gasteiger partial charge >= 0.3 is 5.63 Å². The molecule has 0 aliphatic carbocycles. The molecule has 1 unspecified atom stereocenters. The van der Waals surface area contributed by atoms with Crippen LogP contribution in [0.2, 0.25) is 0 Å². The van der Waals surface area contributed by atoms with Gasteiger partial charge in [-0.15, -0.1) is 0 Å². The number of hydrogen-bond acceptors (Lipinski definition) is 5. The fraction of sp³-hybridized carbons (Fsp3) is 0.423. The lowest BCUT2D eigenvalue weighted by atomic mass is 9.83. The molecule has 1 saturated heterocycles. The summed E-state index contributed by atoms with van der Waals surface area (Å²) in [7, 11) is 0. The highest BCUT2D eigenvalue weighted by Crippen LogP contribution is 2.36. The van der Waals surface area contributed by atoms with E-state index < -0.39 is 6.10 Å². The summed E-state index contributed by atoms with van der Waals surface area (Å²) < 4.78 is 13.5. The van der Waals surface area contributed by atoms with Gasteiger partial charge in [-0.3, -0.25) is 9.59 Å². The Morgan fingerprint density at radius 3 is 2.67 bits per heavy atom. The lowest BCUT2D eigenvalue weighted by Gasteiger charge is -2.43. The summed E-state index contributed by atoms with van der Waals surface area (Å²) in [5.41, 5.74) is 3.36. The van der Waals surface area contributed by atoms with Crippen molar-refractivity contribution in [3.05, 3.63) is 73.5 Å². The average molecular weight is 449 g/mol. The van der Waals surface area contributed by atoms with Crippen LogP contribution in [0.3, 0.4) is 0 Å². The number of likely N-dealkylation sites (tertiary alicyclic amines) is 1. The average Bonchev–Trinajstić information content (AvgIpc) is 2.77. The number of amides is 1. The number of ether oxygens (including phenoxy) is 1. The zero-order valence-electron chi connectivity index (χ0n) is 19.4. The minimum atomic E-state index is -0.696. The summed E-state index contributed by atoms with van der Waals surface area (Å²) in [6.45, 7) is 9.10. The second-order valence-electron chi connectivity index (χ2n) is 9.48. The van der Waals surface area contributed by atoms with Crippen molar-refractivity contribution in [3.63, 3.8) is 0 Å². The number of nitrogens with zero attached hydrogens (tertiary/aromatic N) is 2. The maximum Gasteiger partial charge on any atom is 0.339 e. The van der Waals surface area contributed by atoms with E-state index >= 15 is 0 Å². The highest BCUT2D eigenvalue weighted by molar-refractivity contribution is 5.89. The van der Waals surface area contributed by atoms with Crippen LogP contribution in [0.4, 0.5) is 0 Å². The van der Waals surface area contributed by atoms with Gasteiger partial charge in [0.15, 0.2) is 6.10 Å². The fourth-order valence-corrected chi connectivity index (χ4v) is 5.36. The summed E-state index contributed by atoms with van der Waals surface area (Å²) in [6, 6.07) is 9.09. The van der Waals surface area contributed by atoms with E-state index in [0.717, 1.165) is 28.6 Å². The van der Waals surface area contributed by atoms with Crippen molar-refractivity contribution in [2.24, 2.45) is 5.92 Å². The molecular formula is C26H28N2O5. The molecule has 3 atom stereocenters. The number of pyridine rings is 1. The molecule has 7 nitrogen and oxygen atoms in total. The van der Waals surface area contributed by atoms with Crippen LogP contribution in [0.1, 0.15) is 41.6 Å². The van der Waals surface area contributed by atoms with Crippen molar-refractivity contribution in [1.82, 2.24) is 9.47 Å². The molecule has 172 valence electrons. The second kappa shape index (κ2) is 7.90. The third-order valence-corrected chi connectivity index (χ3v) is 7.10. The molecule has 1 aromatic carbocycles. The van der Waals surface area contributed by atoms with Crippen LogP contribution in [0, 0.1) is 26.7 Å². The number of hydrogen-bond donors (Lipinski definition) is 0. The summed E-state index contributed by atoms with van der Waals surface area (Å²) in [5, 5.41) is 0.723. The molecule has 2 bridgehead atoms. The van der Waals surface area contributed by atoms with Crippen LogP contribution >= 0.6 is 0 Å². The first-order valence-corrected chi connectivity index (χ1v) is 11.4. The molecule has 1 amide bonds. The van der Waals surface area contributed by atoms with Crippen molar-refractivity contribution in [3.8, 4) is 5.75 Å². The van der Waals surface area contributed by atoms with E-state index in [2.05, 4.69) is 0 Å². The first kappa shape index (κ1) is 21.5. The van der Waals surface area contributed by atoms with Crippen molar-refractivity contribution < 1.29 is 13.9 Å². The molecule has 0 N–H and O–H groups in total. The number of piperidine rings is 1. The number of carbonyl (C=O) groups is 1. The molecule has 2 aliphatic heterocycles. The van der Waals surface area contributed by atoms with E-state index in [0.29, 0.717) is 36.5 Å². The third-order valence-electron chi connectivity index (χ3n) is 7.10. The van der Waals surface area contributed by atoms with Gasteiger partial charge in [0.25, 0.3) is 11.5 Å². The van der Waals surface area contributed by atoms with E-state index in [1.165, 1.54) is 0 Å². The van der Waals surface area contributed by atoms with E-state index in [-0.39, 0.29) is 28.9 Å². The predicted molar refractivity (Wildman–Crippen MR) is 125 cm³/mol. The van der Waals surface area contributed by atoms with Crippen LogP contribution in [0.5, 0.6) is 5.75 Å². The van der Waals surface area contributed by atoms with E-state index in [1.807, 2.05) is 41.5 Å². The molecule has 0 radical (unpaired) electrons. The van der Waals surface area contributed by atoms with Crippen LogP contribution < -0.4 is 15.9 Å². The Hall–Kier alpha value is -3.35. The normalized spacial score (nSPS) is 20.4. The van der Waals surface area contributed by atoms with Crippen molar-refractivity contribution in [1.29, 1.82) is 0 Å². The summed E-state index contributed by atoms with van der Waals surface area (Å²) >= 11 is 0. The molecule has 1 fully saturated rings. The molecular weight excluding hydrogens is 420 g/mol. The molecule has 2 aromatic heterocycles. The Kier molecular flexibility index (Phi) is 5.15. The molecule has 4 heterocycles. The third kappa shape index (κ3) is 3.65. The lowest BCUT2D eigenvalue weighted by Crippen LogP contribution is -2.52. The maximum atomic E-state index is 13.4. The fourth-order valence-electron chi connectivity index (χ4n) is 5.36. The zero-order chi connectivity index (χ0) is 23.4. The predicted octanol–water partition coefficient (Wildman–Crippen LogP) is 3.29. The minimum absolute atomic E-state index is 0.0299. The summed E-state index contributed by atoms with van der Waals surface area (Å²) in [5.74, 6) is 0.884. The molecule has 0 saturated carbocycles. The lowest BCUT2D eigenvalue weighted by molar-refractivity contribution is -0.140. The Morgan fingerprint density at radius 1 is 1.09 bits per heavy atom. The molecule has 7 heteroatoms. The minimum Gasteiger partial charge on any atom is -0.480 e. The number of benzene rings is 1. The highest BCUT2D eigenvalue weighted by atomic mass is 16.5. The van der Waals surface area contributed by atoms with Crippen LogP contribution in [-0.2, 0) is 11.3 Å². The quantitative estimate of drug-likeness (QED) is 0.575. The maximum absolute atomic E-state index is 13.4. The molecule has 0 spiro atoms. The molecule has 33 heavy (non-hydrogen) atoms. The molecule has 2 aliphatic rings. The van der Waals surface area contributed by atoms with Gasteiger partial charge < -0.3 is 18.6 Å². The van der Waals surface area contributed by atoms with Gasteiger partial charge in [-0.05, 0) is 69.4 Å². The van der Waals surface area contributed by atoms with Crippen molar-refractivity contribution in [2.75, 3.05) is 13.1 Å². The van der Waals surface area contributed by atoms with E-state index in [1.54, 1.807) is 26.0 Å².